The molecule has 96 valence electrons. The average Bonchev–Trinajstić information content (AvgIpc) is 2.71. The summed E-state index contributed by atoms with van der Waals surface area (Å²) < 4.78 is 1.77. The van der Waals surface area contributed by atoms with Gasteiger partial charge in [0.1, 0.15) is 17.9 Å². The standard InChI is InChI=1S/C12H22N4O/c1-4-16-12(14-9-15-16)8-11(17)6-5-7-13-10(2)3/h9-10,13H,4-8H2,1-3H3. The second-order valence-electron chi connectivity index (χ2n) is 4.42. The van der Waals surface area contributed by atoms with Gasteiger partial charge >= 0.3 is 0 Å². The van der Waals surface area contributed by atoms with Gasteiger partial charge in [0.15, 0.2) is 0 Å². The minimum Gasteiger partial charge on any atom is -0.315 e. The molecule has 0 bridgehead atoms. The van der Waals surface area contributed by atoms with Gasteiger partial charge in [-0.1, -0.05) is 13.8 Å². The van der Waals surface area contributed by atoms with Gasteiger partial charge in [-0.3, -0.25) is 4.79 Å². The Morgan fingerprint density at radius 1 is 1.53 bits per heavy atom. The maximum absolute atomic E-state index is 11.7. The van der Waals surface area contributed by atoms with E-state index in [9.17, 15) is 4.79 Å². The molecule has 1 aromatic rings. The SMILES string of the molecule is CCn1ncnc1CC(=O)CCCNC(C)C. The fourth-order valence-electron chi connectivity index (χ4n) is 1.63. The van der Waals surface area contributed by atoms with Crippen LogP contribution in [0.1, 0.15) is 39.4 Å². The summed E-state index contributed by atoms with van der Waals surface area (Å²) in [5, 5.41) is 7.35. The molecule has 0 radical (unpaired) electrons. The number of Topliss-reactive ketones (excluding diaryl/α,β-unsaturated/α-hetero) is 1. The lowest BCUT2D eigenvalue weighted by atomic mass is 10.1. The zero-order chi connectivity index (χ0) is 12.7. The van der Waals surface area contributed by atoms with Gasteiger partial charge < -0.3 is 5.32 Å². The summed E-state index contributed by atoms with van der Waals surface area (Å²) in [6.45, 7) is 7.85. The maximum atomic E-state index is 11.7. The van der Waals surface area contributed by atoms with Crippen LogP contribution in [0, 0.1) is 0 Å². The molecule has 0 atom stereocenters. The summed E-state index contributed by atoms with van der Waals surface area (Å²) in [5.74, 6) is 1.01. The van der Waals surface area contributed by atoms with E-state index in [4.69, 9.17) is 0 Å². The first-order chi connectivity index (χ1) is 8.13. The number of nitrogens with one attached hydrogen (secondary N) is 1. The first-order valence-corrected chi connectivity index (χ1v) is 6.25. The van der Waals surface area contributed by atoms with Crippen molar-refractivity contribution in [3.63, 3.8) is 0 Å². The Morgan fingerprint density at radius 3 is 2.94 bits per heavy atom. The lowest BCUT2D eigenvalue weighted by Crippen LogP contribution is -2.24. The highest BCUT2D eigenvalue weighted by atomic mass is 16.1. The molecule has 1 rings (SSSR count). The molecule has 1 aromatic heterocycles. The predicted octanol–water partition coefficient (Wildman–Crippen LogP) is 1.19. The molecule has 0 aliphatic rings. The lowest BCUT2D eigenvalue weighted by molar-refractivity contribution is -0.118. The van der Waals surface area contributed by atoms with Crippen molar-refractivity contribution in [3.05, 3.63) is 12.2 Å². The molecule has 0 amide bonds. The van der Waals surface area contributed by atoms with Gasteiger partial charge in [-0.15, -0.1) is 0 Å². The fourth-order valence-corrected chi connectivity index (χ4v) is 1.63. The summed E-state index contributed by atoms with van der Waals surface area (Å²) in [4.78, 5) is 15.8. The molecule has 5 nitrogen and oxygen atoms in total. The second kappa shape index (κ2) is 7.17. The first-order valence-electron chi connectivity index (χ1n) is 6.25. The normalized spacial score (nSPS) is 11.1. The highest BCUT2D eigenvalue weighted by Gasteiger charge is 2.09. The van der Waals surface area contributed by atoms with Crippen molar-refractivity contribution in [2.75, 3.05) is 6.54 Å². The fraction of sp³-hybridized carbons (Fsp3) is 0.750. The molecule has 0 saturated heterocycles. The summed E-state index contributed by atoms with van der Waals surface area (Å²) in [7, 11) is 0. The number of carbonyl (C=O) groups excluding carboxylic acids is 1. The van der Waals surface area contributed by atoms with Crippen molar-refractivity contribution in [3.8, 4) is 0 Å². The molecule has 1 heterocycles. The highest BCUT2D eigenvalue weighted by Crippen LogP contribution is 2.00. The second-order valence-corrected chi connectivity index (χ2v) is 4.42. The molecular weight excluding hydrogens is 216 g/mol. The van der Waals surface area contributed by atoms with Crippen LogP contribution in [0.4, 0.5) is 0 Å². The maximum Gasteiger partial charge on any atom is 0.140 e. The molecule has 0 aromatic carbocycles. The number of aromatic nitrogens is 3. The Balaban J connectivity index is 2.25. The molecule has 1 N–H and O–H groups in total. The van der Waals surface area contributed by atoms with Gasteiger partial charge in [-0.05, 0) is 19.9 Å². The number of hydrogen-bond acceptors (Lipinski definition) is 4. The minimum absolute atomic E-state index is 0.234. The zero-order valence-electron chi connectivity index (χ0n) is 10.9. The number of nitrogens with zero attached hydrogens (tertiary/aromatic N) is 3. The van der Waals surface area contributed by atoms with E-state index in [0.29, 0.717) is 18.9 Å². The number of aryl methyl sites for hydroxylation is 1. The van der Waals surface area contributed by atoms with Crippen molar-refractivity contribution in [2.45, 2.75) is 52.6 Å². The van der Waals surface area contributed by atoms with E-state index in [1.54, 1.807) is 4.68 Å². The van der Waals surface area contributed by atoms with Crippen LogP contribution in [0.5, 0.6) is 0 Å². The molecule has 17 heavy (non-hydrogen) atoms. The van der Waals surface area contributed by atoms with Crippen LogP contribution in [0.25, 0.3) is 0 Å². The number of hydrogen-bond donors (Lipinski definition) is 1. The van der Waals surface area contributed by atoms with Gasteiger partial charge in [0.2, 0.25) is 0 Å². The van der Waals surface area contributed by atoms with E-state index in [-0.39, 0.29) is 5.78 Å². The summed E-state index contributed by atoms with van der Waals surface area (Å²) in [5.41, 5.74) is 0. The number of ketones is 1. The van der Waals surface area contributed by atoms with Crippen LogP contribution in [-0.2, 0) is 17.8 Å². The highest BCUT2D eigenvalue weighted by molar-refractivity contribution is 5.80. The monoisotopic (exact) mass is 238 g/mol. The number of rotatable bonds is 8. The Hall–Kier alpha value is -1.23. The average molecular weight is 238 g/mol. The van der Waals surface area contributed by atoms with Crippen molar-refractivity contribution in [2.24, 2.45) is 0 Å². The lowest BCUT2D eigenvalue weighted by Gasteiger charge is -2.07. The molecule has 0 aliphatic carbocycles. The van der Waals surface area contributed by atoms with Gasteiger partial charge in [-0.25, -0.2) is 9.67 Å². The topological polar surface area (TPSA) is 59.8 Å². The van der Waals surface area contributed by atoms with E-state index in [1.165, 1.54) is 6.33 Å². The van der Waals surface area contributed by atoms with E-state index >= 15 is 0 Å². The third-order valence-corrected chi connectivity index (χ3v) is 2.54. The first kappa shape index (κ1) is 13.8. The largest absolute Gasteiger partial charge is 0.315 e. The van der Waals surface area contributed by atoms with E-state index in [0.717, 1.165) is 25.3 Å². The van der Waals surface area contributed by atoms with Gasteiger partial charge in [0.05, 0.1) is 6.42 Å². The quantitative estimate of drug-likeness (QED) is 0.691. The van der Waals surface area contributed by atoms with Crippen LogP contribution in [-0.4, -0.2) is 33.1 Å². The Labute approximate surface area is 103 Å². The van der Waals surface area contributed by atoms with Gasteiger partial charge in [0.25, 0.3) is 0 Å². The van der Waals surface area contributed by atoms with Crippen LogP contribution in [0.15, 0.2) is 6.33 Å². The molecular formula is C12H22N4O. The Bertz CT molecular complexity index is 346. The van der Waals surface area contributed by atoms with E-state index < -0.39 is 0 Å². The molecule has 0 fully saturated rings. The van der Waals surface area contributed by atoms with E-state index in [1.807, 2.05) is 6.92 Å². The summed E-state index contributed by atoms with van der Waals surface area (Å²) in [6, 6.07) is 0.480. The smallest absolute Gasteiger partial charge is 0.140 e. The van der Waals surface area contributed by atoms with Gasteiger partial charge in [-0.2, -0.15) is 5.10 Å². The summed E-state index contributed by atoms with van der Waals surface area (Å²) >= 11 is 0. The Morgan fingerprint density at radius 2 is 2.29 bits per heavy atom. The molecule has 5 heteroatoms. The predicted molar refractivity (Wildman–Crippen MR) is 66.8 cm³/mol. The van der Waals surface area contributed by atoms with Crippen molar-refractivity contribution < 1.29 is 4.79 Å². The zero-order valence-corrected chi connectivity index (χ0v) is 10.9. The molecule has 0 saturated carbocycles. The summed E-state index contributed by atoms with van der Waals surface area (Å²) in [6.07, 6.45) is 3.40. The minimum atomic E-state index is 0.234. The van der Waals surface area contributed by atoms with Crippen molar-refractivity contribution in [1.29, 1.82) is 0 Å². The molecule has 0 unspecified atom stereocenters. The van der Waals surface area contributed by atoms with Crippen LogP contribution in [0.2, 0.25) is 0 Å². The van der Waals surface area contributed by atoms with Crippen LogP contribution >= 0.6 is 0 Å². The Kier molecular flexibility index (Phi) is 5.83. The molecule has 0 spiro atoms. The van der Waals surface area contributed by atoms with E-state index in [2.05, 4.69) is 29.2 Å². The van der Waals surface area contributed by atoms with Crippen LogP contribution in [0.3, 0.4) is 0 Å². The third kappa shape index (κ3) is 5.08. The third-order valence-electron chi connectivity index (χ3n) is 2.54. The van der Waals surface area contributed by atoms with Crippen molar-refractivity contribution >= 4 is 5.78 Å². The van der Waals surface area contributed by atoms with Gasteiger partial charge in [0, 0.05) is 19.0 Å². The van der Waals surface area contributed by atoms with Crippen molar-refractivity contribution in [1.82, 2.24) is 20.1 Å². The van der Waals surface area contributed by atoms with Crippen LogP contribution < -0.4 is 5.32 Å². The molecule has 0 aliphatic heterocycles. The number of carbonyl (C=O) groups is 1.